The molecule has 2 heteroatoms. The Kier molecular flexibility index (Phi) is 2.61. The second-order valence-electron chi connectivity index (χ2n) is 4.28. The maximum atomic E-state index is 6.07. The largest absolute Gasteiger partial charge is 0.397 e. The molecule has 0 atom stereocenters. The minimum absolute atomic E-state index is 0.762. The zero-order valence-electron chi connectivity index (χ0n) is 9.93. The van der Waals surface area contributed by atoms with Gasteiger partial charge in [-0.15, -0.1) is 0 Å². The van der Waals surface area contributed by atoms with Gasteiger partial charge in [0.05, 0.1) is 11.4 Å². The first-order chi connectivity index (χ1) is 8.83. The Hall–Kier alpha value is -2.48. The monoisotopic (exact) mass is 234 g/mol. The van der Waals surface area contributed by atoms with Gasteiger partial charge in [-0.2, -0.15) is 0 Å². The van der Waals surface area contributed by atoms with E-state index in [-0.39, 0.29) is 0 Å². The van der Waals surface area contributed by atoms with Gasteiger partial charge in [0.2, 0.25) is 0 Å². The van der Waals surface area contributed by atoms with Crippen molar-refractivity contribution in [3.8, 4) is 0 Å². The molecule has 0 unspecified atom stereocenters. The average molecular weight is 234 g/mol. The highest BCUT2D eigenvalue weighted by molar-refractivity contribution is 5.92. The molecule has 0 saturated heterocycles. The van der Waals surface area contributed by atoms with E-state index in [9.17, 15) is 0 Å². The molecule has 18 heavy (non-hydrogen) atoms. The van der Waals surface area contributed by atoms with E-state index in [2.05, 4.69) is 23.5 Å². The Morgan fingerprint density at radius 1 is 0.722 bits per heavy atom. The molecule has 0 aromatic heterocycles. The second-order valence-corrected chi connectivity index (χ2v) is 4.28. The number of hydrogen-bond donors (Lipinski definition) is 2. The standard InChI is InChI=1S/C16H14N2/c17-15-10-12-6-4-5-7-13(12)11-16(15)18-14-8-2-1-3-9-14/h1-11,18H,17H2. The third-order valence-corrected chi connectivity index (χ3v) is 2.97. The summed E-state index contributed by atoms with van der Waals surface area (Å²) < 4.78 is 0. The van der Waals surface area contributed by atoms with Crippen LogP contribution >= 0.6 is 0 Å². The molecule has 0 saturated carbocycles. The van der Waals surface area contributed by atoms with Crippen LogP contribution in [0.15, 0.2) is 66.7 Å². The zero-order valence-corrected chi connectivity index (χ0v) is 9.93. The summed E-state index contributed by atoms with van der Waals surface area (Å²) in [6.07, 6.45) is 0. The van der Waals surface area contributed by atoms with Gasteiger partial charge in [0.15, 0.2) is 0 Å². The number of fused-ring (bicyclic) bond motifs is 1. The van der Waals surface area contributed by atoms with Crippen molar-refractivity contribution in [2.75, 3.05) is 11.1 Å². The molecule has 0 aliphatic heterocycles. The van der Waals surface area contributed by atoms with E-state index in [4.69, 9.17) is 5.73 Å². The fourth-order valence-corrected chi connectivity index (χ4v) is 2.04. The Morgan fingerprint density at radius 2 is 1.33 bits per heavy atom. The Labute approximate surface area is 106 Å². The van der Waals surface area contributed by atoms with Crippen molar-refractivity contribution in [1.82, 2.24) is 0 Å². The van der Waals surface area contributed by atoms with Crippen molar-refractivity contribution >= 4 is 27.8 Å². The van der Waals surface area contributed by atoms with E-state index in [1.165, 1.54) is 5.39 Å². The van der Waals surface area contributed by atoms with E-state index in [0.29, 0.717) is 0 Å². The van der Waals surface area contributed by atoms with Gasteiger partial charge in [-0.25, -0.2) is 0 Å². The van der Waals surface area contributed by atoms with Gasteiger partial charge < -0.3 is 11.1 Å². The molecule has 3 aromatic rings. The molecule has 2 nitrogen and oxygen atoms in total. The molecule has 3 N–H and O–H groups in total. The van der Waals surface area contributed by atoms with Crippen molar-refractivity contribution < 1.29 is 0 Å². The van der Waals surface area contributed by atoms with Crippen LogP contribution in [0.5, 0.6) is 0 Å². The summed E-state index contributed by atoms with van der Waals surface area (Å²) in [6, 6.07) is 22.3. The van der Waals surface area contributed by atoms with Crippen molar-refractivity contribution in [3.05, 3.63) is 66.7 Å². The molecule has 0 heterocycles. The quantitative estimate of drug-likeness (QED) is 0.653. The van der Waals surface area contributed by atoms with Crippen molar-refractivity contribution in [2.45, 2.75) is 0 Å². The van der Waals surface area contributed by atoms with E-state index in [0.717, 1.165) is 22.4 Å². The zero-order chi connectivity index (χ0) is 12.4. The Balaban J connectivity index is 2.04. The van der Waals surface area contributed by atoms with Crippen LogP contribution in [0.1, 0.15) is 0 Å². The SMILES string of the molecule is Nc1cc2ccccc2cc1Nc1ccccc1. The number of nitrogens with two attached hydrogens (primary N) is 1. The highest BCUT2D eigenvalue weighted by Gasteiger charge is 2.02. The number of rotatable bonds is 2. The molecule has 0 aliphatic rings. The molecule has 88 valence electrons. The number of benzene rings is 3. The predicted octanol–water partition coefficient (Wildman–Crippen LogP) is 4.17. The lowest BCUT2D eigenvalue weighted by molar-refractivity contribution is 1.56. The fraction of sp³-hybridized carbons (Fsp3) is 0. The molecule has 0 amide bonds. The predicted molar refractivity (Wildman–Crippen MR) is 78.1 cm³/mol. The summed E-state index contributed by atoms with van der Waals surface area (Å²) >= 11 is 0. The molecule has 0 radical (unpaired) electrons. The van der Waals surface area contributed by atoms with Gasteiger partial charge in [-0.1, -0.05) is 42.5 Å². The summed E-state index contributed by atoms with van der Waals surface area (Å²) in [5.74, 6) is 0. The van der Waals surface area contributed by atoms with E-state index < -0.39 is 0 Å². The van der Waals surface area contributed by atoms with Crippen LogP contribution in [0, 0.1) is 0 Å². The molecule has 3 rings (SSSR count). The van der Waals surface area contributed by atoms with Gasteiger partial charge >= 0.3 is 0 Å². The van der Waals surface area contributed by atoms with E-state index >= 15 is 0 Å². The van der Waals surface area contributed by atoms with Crippen LogP contribution in [-0.2, 0) is 0 Å². The lowest BCUT2D eigenvalue weighted by atomic mass is 10.1. The number of anilines is 3. The highest BCUT2D eigenvalue weighted by Crippen LogP contribution is 2.28. The van der Waals surface area contributed by atoms with Crippen LogP contribution in [0.25, 0.3) is 10.8 Å². The normalized spacial score (nSPS) is 10.4. The molecule has 0 fully saturated rings. The van der Waals surface area contributed by atoms with E-state index in [1.54, 1.807) is 0 Å². The van der Waals surface area contributed by atoms with Gasteiger partial charge in [0.1, 0.15) is 0 Å². The molecular weight excluding hydrogens is 220 g/mol. The lowest BCUT2D eigenvalue weighted by Gasteiger charge is -2.10. The smallest absolute Gasteiger partial charge is 0.0624 e. The van der Waals surface area contributed by atoms with E-state index in [1.807, 2.05) is 48.5 Å². The molecule has 0 spiro atoms. The maximum absolute atomic E-state index is 6.07. The number of hydrogen-bond acceptors (Lipinski definition) is 2. The van der Waals surface area contributed by atoms with Crippen LogP contribution < -0.4 is 11.1 Å². The van der Waals surface area contributed by atoms with Gasteiger partial charge in [-0.05, 0) is 35.0 Å². The molecular formula is C16H14N2. The fourth-order valence-electron chi connectivity index (χ4n) is 2.04. The third kappa shape index (κ3) is 2.00. The van der Waals surface area contributed by atoms with Gasteiger partial charge in [0.25, 0.3) is 0 Å². The van der Waals surface area contributed by atoms with Crippen LogP contribution in [0.3, 0.4) is 0 Å². The number of para-hydroxylation sites is 1. The summed E-state index contributed by atoms with van der Waals surface area (Å²) in [5.41, 5.74) is 8.82. The Bertz CT molecular complexity index is 675. The van der Waals surface area contributed by atoms with Crippen LogP contribution in [0.2, 0.25) is 0 Å². The van der Waals surface area contributed by atoms with Gasteiger partial charge in [-0.3, -0.25) is 0 Å². The van der Waals surface area contributed by atoms with Crippen molar-refractivity contribution in [3.63, 3.8) is 0 Å². The number of nitrogens with one attached hydrogen (secondary N) is 1. The molecule has 0 bridgehead atoms. The minimum atomic E-state index is 0.762. The minimum Gasteiger partial charge on any atom is -0.397 e. The molecule has 0 aliphatic carbocycles. The van der Waals surface area contributed by atoms with Crippen molar-refractivity contribution in [1.29, 1.82) is 0 Å². The first-order valence-electron chi connectivity index (χ1n) is 5.93. The van der Waals surface area contributed by atoms with Gasteiger partial charge in [0, 0.05) is 5.69 Å². The topological polar surface area (TPSA) is 38.0 Å². The van der Waals surface area contributed by atoms with Crippen LogP contribution in [-0.4, -0.2) is 0 Å². The van der Waals surface area contributed by atoms with Crippen LogP contribution in [0.4, 0.5) is 17.1 Å². The summed E-state index contributed by atoms with van der Waals surface area (Å²) in [4.78, 5) is 0. The molecule has 3 aromatic carbocycles. The Morgan fingerprint density at radius 3 is 2.06 bits per heavy atom. The first kappa shape index (κ1) is 10.7. The summed E-state index contributed by atoms with van der Waals surface area (Å²) in [6.45, 7) is 0. The highest BCUT2D eigenvalue weighted by atomic mass is 14.9. The number of nitrogen functional groups attached to an aromatic ring is 1. The average Bonchev–Trinajstić information content (AvgIpc) is 2.41. The summed E-state index contributed by atoms with van der Waals surface area (Å²) in [5, 5.41) is 5.69. The second kappa shape index (κ2) is 4.41. The first-order valence-corrected chi connectivity index (χ1v) is 5.93. The summed E-state index contributed by atoms with van der Waals surface area (Å²) in [7, 11) is 0. The lowest BCUT2D eigenvalue weighted by Crippen LogP contribution is -1.96. The van der Waals surface area contributed by atoms with Crippen molar-refractivity contribution in [2.24, 2.45) is 0 Å². The maximum Gasteiger partial charge on any atom is 0.0624 e. The third-order valence-electron chi connectivity index (χ3n) is 2.97.